The topological polar surface area (TPSA) is 42.4 Å². The minimum Gasteiger partial charge on any atom is -0.438 e. The third-order valence-corrected chi connectivity index (χ3v) is 2.91. The van der Waals surface area contributed by atoms with Gasteiger partial charge >= 0.3 is 0 Å². The molecule has 2 aromatic rings. The van der Waals surface area contributed by atoms with E-state index in [4.69, 9.17) is 21.4 Å². The van der Waals surface area contributed by atoms with Gasteiger partial charge in [-0.2, -0.15) is 0 Å². The van der Waals surface area contributed by atoms with Crippen LogP contribution in [0.5, 0.6) is 11.6 Å². The second kappa shape index (κ2) is 5.49. The zero-order valence-corrected chi connectivity index (χ0v) is 11.1. The molecule has 0 fully saturated rings. The maximum absolute atomic E-state index is 8.97. The molecule has 0 unspecified atom stereocenters. The predicted octanol–water partition coefficient (Wildman–Crippen LogP) is 3.78. The molecule has 5 heteroatoms. The van der Waals surface area contributed by atoms with Gasteiger partial charge in [0.05, 0.1) is 16.8 Å². The van der Waals surface area contributed by atoms with Crippen molar-refractivity contribution in [3.63, 3.8) is 0 Å². The third kappa shape index (κ3) is 3.19. The summed E-state index contributed by atoms with van der Waals surface area (Å²) in [6.45, 7) is -0.112. The number of rotatable bonds is 3. The molecule has 0 aliphatic heterocycles. The Morgan fingerprint density at radius 3 is 2.82 bits per heavy atom. The fourth-order valence-electron chi connectivity index (χ4n) is 1.27. The molecule has 0 aliphatic rings. The van der Waals surface area contributed by atoms with Crippen molar-refractivity contribution in [3.8, 4) is 11.6 Å². The average molecular weight is 315 g/mol. The number of aliphatic hydroxyl groups excluding tert-OH is 1. The van der Waals surface area contributed by atoms with E-state index in [0.717, 1.165) is 4.47 Å². The van der Waals surface area contributed by atoms with Gasteiger partial charge in [0.15, 0.2) is 0 Å². The molecular weight excluding hydrogens is 305 g/mol. The number of aliphatic hydroxyl groups is 1. The third-order valence-electron chi connectivity index (χ3n) is 2.05. The lowest BCUT2D eigenvalue weighted by atomic mass is 10.3. The number of nitrogens with zero attached hydrogens (tertiary/aromatic N) is 1. The van der Waals surface area contributed by atoms with E-state index >= 15 is 0 Å². The van der Waals surface area contributed by atoms with Gasteiger partial charge in [0.2, 0.25) is 5.88 Å². The molecule has 0 amide bonds. The maximum atomic E-state index is 8.97. The minimum atomic E-state index is -0.112. The Balaban J connectivity index is 2.25. The van der Waals surface area contributed by atoms with Crippen molar-refractivity contribution in [2.24, 2.45) is 0 Å². The molecule has 3 nitrogen and oxygen atoms in total. The average Bonchev–Trinajstić information content (AvgIpc) is 2.33. The van der Waals surface area contributed by atoms with E-state index in [1.54, 1.807) is 36.4 Å². The molecule has 0 saturated heterocycles. The Morgan fingerprint density at radius 2 is 2.12 bits per heavy atom. The van der Waals surface area contributed by atoms with Crippen LogP contribution in [0.4, 0.5) is 0 Å². The lowest BCUT2D eigenvalue weighted by Crippen LogP contribution is -1.93. The summed E-state index contributed by atoms with van der Waals surface area (Å²) in [4.78, 5) is 4.12. The quantitative estimate of drug-likeness (QED) is 0.937. The minimum absolute atomic E-state index is 0.112. The zero-order chi connectivity index (χ0) is 12.3. The number of pyridine rings is 1. The number of aromatic nitrogens is 1. The van der Waals surface area contributed by atoms with Gasteiger partial charge in [-0.1, -0.05) is 17.7 Å². The van der Waals surface area contributed by atoms with Crippen LogP contribution in [0.15, 0.2) is 40.9 Å². The molecule has 88 valence electrons. The van der Waals surface area contributed by atoms with Crippen molar-refractivity contribution < 1.29 is 9.84 Å². The zero-order valence-electron chi connectivity index (χ0n) is 8.73. The van der Waals surface area contributed by atoms with Crippen molar-refractivity contribution in [1.82, 2.24) is 4.98 Å². The number of hydrogen-bond donors (Lipinski definition) is 1. The Hall–Kier alpha value is -1.10. The summed E-state index contributed by atoms with van der Waals surface area (Å²) >= 11 is 9.19. The fourth-order valence-corrected chi connectivity index (χ4v) is 2.04. The van der Waals surface area contributed by atoms with Crippen LogP contribution >= 0.6 is 27.5 Å². The summed E-state index contributed by atoms with van der Waals surface area (Å²) in [5.41, 5.74) is 0.563. The van der Waals surface area contributed by atoms with Gasteiger partial charge in [-0.3, -0.25) is 0 Å². The first-order valence-electron chi connectivity index (χ1n) is 4.89. The Bertz CT molecular complexity index is 534. The van der Waals surface area contributed by atoms with Gasteiger partial charge in [0.25, 0.3) is 0 Å². The first-order chi connectivity index (χ1) is 8.19. The largest absolute Gasteiger partial charge is 0.438 e. The van der Waals surface area contributed by atoms with Crippen LogP contribution in [0.3, 0.4) is 0 Å². The summed E-state index contributed by atoms with van der Waals surface area (Å²) in [6.07, 6.45) is 0. The van der Waals surface area contributed by atoms with E-state index in [1.165, 1.54) is 0 Å². The van der Waals surface area contributed by atoms with E-state index in [0.29, 0.717) is 22.3 Å². The van der Waals surface area contributed by atoms with Crippen molar-refractivity contribution >= 4 is 27.5 Å². The van der Waals surface area contributed by atoms with Crippen molar-refractivity contribution in [2.45, 2.75) is 6.61 Å². The molecule has 2 rings (SSSR count). The number of hydrogen-bond acceptors (Lipinski definition) is 3. The molecule has 0 aliphatic carbocycles. The van der Waals surface area contributed by atoms with E-state index < -0.39 is 0 Å². The molecule has 0 radical (unpaired) electrons. The molecule has 0 bridgehead atoms. The van der Waals surface area contributed by atoms with Gasteiger partial charge in [-0.05, 0) is 40.2 Å². The van der Waals surface area contributed by atoms with Gasteiger partial charge in [0.1, 0.15) is 5.75 Å². The molecular formula is C12H9BrClNO2. The Labute approximate surface area is 112 Å². The smallest absolute Gasteiger partial charge is 0.219 e. The van der Waals surface area contributed by atoms with Crippen LogP contribution < -0.4 is 4.74 Å². The summed E-state index contributed by atoms with van der Waals surface area (Å²) < 4.78 is 6.33. The van der Waals surface area contributed by atoms with Gasteiger partial charge in [-0.15, -0.1) is 0 Å². The highest BCUT2D eigenvalue weighted by atomic mass is 79.9. The summed E-state index contributed by atoms with van der Waals surface area (Å²) in [6, 6.07) is 10.5. The molecule has 1 heterocycles. The molecule has 1 aromatic heterocycles. The van der Waals surface area contributed by atoms with Crippen molar-refractivity contribution in [3.05, 3.63) is 51.6 Å². The van der Waals surface area contributed by atoms with Gasteiger partial charge in [0, 0.05) is 11.1 Å². The summed E-state index contributed by atoms with van der Waals surface area (Å²) in [7, 11) is 0. The highest BCUT2D eigenvalue weighted by Gasteiger charge is 2.04. The summed E-state index contributed by atoms with van der Waals surface area (Å²) in [5, 5.41) is 9.60. The normalized spacial score (nSPS) is 10.3. The molecule has 1 aromatic carbocycles. The highest BCUT2D eigenvalue weighted by molar-refractivity contribution is 9.10. The summed E-state index contributed by atoms with van der Waals surface area (Å²) in [5.74, 6) is 1.05. The van der Waals surface area contributed by atoms with E-state index in [2.05, 4.69) is 20.9 Å². The number of benzene rings is 1. The van der Waals surface area contributed by atoms with Crippen molar-refractivity contribution in [1.29, 1.82) is 0 Å². The molecule has 0 atom stereocenters. The van der Waals surface area contributed by atoms with E-state index in [9.17, 15) is 0 Å². The van der Waals surface area contributed by atoms with Gasteiger partial charge in [-0.25, -0.2) is 4.98 Å². The van der Waals surface area contributed by atoms with Crippen LogP contribution in [0.2, 0.25) is 5.02 Å². The molecule has 1 N–H and O–H groups in total. The van der Waals surface area contributed by atoms with Crippen LogP contribution in [0, 0.1) is 0 Å². The standard InChI is InChI=1S/C12H9BrClNO2/c13-10-6-8(14)4-5-11(10)17-12-3-1-2-9(7-16)15-12/h1-6,16H,7H2. The predicted molar refractivity (Wildman–Crippen MR) is 69.4 cm³/mol. The second-order valence-corrected chi connectivity index (χ2v) is 4.59. The first-order valence-corrected chi connectivity index (χ1v) is 6.06. The Morgan fingerprint density at radius 1 is 1.29 bits per heavy atom. The lowest BCUT2D eigenvalue weighted by molar-refractivity contribution is 0.275. The number of halogens is 2. The van der Waals surface area contributed by atoms with Crippen LogP contribution in [0.25, 0.3) is 0 Å². The van der Waals surface area contributed by atoms with E-state index in [1.807, 2.05) is 0 Å². The fraction of sp³-hybridized carbons (Fsp3) is 0.0833. The maximum Gasteiger partial charge on any atom is 0.219 e. The lowest BCUT2D eigenvalue weighted by Gasteiger charge is -2.07. The second-order valence-electron chi connectivity index (χ2n) is 3.30. The molecule has 17 heavy (non-hydrogen) atoms. The molecule has 0 spiro atoms. The first kappa shape index (κ1) is 12.4. The monoisotopic (exact) mass is 313 g/mol. The molecule has 0 saturated carbocycles. The van der Waals surface area contributed by atoms with Crippen LogP contribution in [0.1, 0.15) is 5.69 Å². The van der Waals surface area contributed by atoms with Crippen LogP contribution in [-0.4, -0.2) is 10.1 Å². The van der Waals surface area contributed by atoms with Crippen LogP contribution in [-0.2, 0) is 6.61 Å². The number of ether oxygens (including phenoxy) is 1. The Kier molecular flexibility index (Phi) is 3.99. The van der Waals surface area contributed by atoms with Gasteiger partial charge < -0.3 is 9.84 Å². The SMILES string of the molecule is OCc1cccc(Oc2ccc(Cl)cc2Br)n1. The van der Waals surface area contributed by atoms with Crippen molar-refractivity contribution in [2.75, 3.05) is 0 Å². The highest BCUT2D eigenvalue weighted by Crippen LogP contribution is 2.31. The van der Waals surface area contributed by atoms with E-state index in [-0.39, 0.29) is 6.61 Å².